The molecule has 97 heavy (non-hydrogen) atoms. The number of methoxy groups -OCH3 is 2. The van der Waals surface area contributed by atoms with E-state index in [2.05, 4.69) is 48.9 Å². The maximum absolute atomic E-state index is 11.7. The van der Waals surface area contributed by atoms with Crippen molar-refractivity contribution in [3.63, 3.8) is 0 Å². The predicted octanol–water partition coefficient (Wildman–Crippen LogP) is 2.24. The summed E-state index contributed by atoms with van der Waals surface area (Å²) in [5.74, 6) is -1.95. The molecule has 0 fully saturated rings. The summed E-state index contributed by atoms with van der Waals surface area (Å²) in [7, 11) is -0.453. The van der Waals surface area contributed by atoms with Crippen LogP contribution in [0.1, 0.15) is 218 Å². The molecule has 3 radical (unpaired) electrons. The molecule has 0 aliphatic carbocycles. The van der Waals surface area contributed by atoms with Crippen molar-refractivity contribution in [2.24, 2.45) is 0 Å². The van der Waals surface area contributed by atoms with Crippen LogP contribution in [0.25, 0.3) is 0 Å². The fourth-order valence-electron chi connectivity index (χ4n) is 2.45. The number of hydrogen-bond donors (Lipinski definition) is 3. The van der Waals surface area contributed by atoms with Crippen molar-refractivity contribution in [1.29, 1.82) is 0 Å². The molecule has 0 aliphatic heterocycles. The summed E-state index contributed by atoms with van der Waals surface area (Å²) in [5, 5.41) is 42.0. The van der Waals surface area contributed by atoms with Crippen molar-refractivity contribution in [3.05, 3.63) is 48.6 Å². The van der Waals surface area contributed by atoms with Crippen molar-refractivity contribution in [2.75, 3.05) is 96.7 Å². The second-order valence-electron chi connectivity index (χ2n) is 14.9. The van der Waals surface area contributed by atoms with Gasteiger partial charge in [0.25, 0.3) is 6.47 Å². The number of carboxylic acid groups (broad SMARTS) is 1. The van der Waals surface area contributed by atoms with Crippen molar-refractivity contribution < 1.29 is 298 Å². The van der Waals surface area contributed by atoms with Crippen molar-refractivity contribution in [2.45, 2.75) is 221 Å². The smallest absolute Gasteiger partial charge is 1.00 e. The van der Waals surface area contributed by atoms with E-state index in [9.17, 15) is 43.0 Å². The van der Waals surface area contributed by atoms with Crippen LogP contribution in [0, 0.1) is 0 Å². The Kier molecular flexibility index (Phi) is 366. The van der Waals surface area contributed by atoms with Crippen LogP contribution in [0.2, 0.25) is 0 Å². The number of hydrogen-bond acceptors (Lipinski definition) is 22. The number of aliphatic hydroxyl groups is 2. The molecule has 0 spiro atoms. The van der Waals surface area contributed by atoms with Gasteiger partial charge in [-0.15, -0.1) is 22.6 Å². The fraction of sp³-hybridized carbons (Fsp3) is 0.723. The van der Waals surface area contributed by atoms with Crippen LogP contribution in [-0.2, 0) is 85.6 Å². The Balaban J connectivity index is -0.0000000198. The monoisotopic (exact) mass is 1670 g/mol. The van der Waals surface area contributed by atoms with Crippen LogP contribution < -0.4 is 194 Å². The molecule has 0 saturated heterocycles. The van der Waals surface area contributed by atoms with E-state index in [-0.39, 0.29) is 289 Å². The summed E-state index contributed by atoms with van der Waals surface area (Å²) < 4.78 is 46.3. The SMILES string of the molecule is Br.C.C.C.C/C=C/C(=O)O.C/C=C/C(=O)OC.C/C=C/C(=O)OCC.CC.CC(C)(C)[O-].CC(C)=O.CC=CC.CC=O.CC=O.CC=O.CCBr.CCC.CCO.CCOC.CCOC(=O)CP(=O)(CC)CC.CCOC(=O)CP(=O)(CC)CC.CO.O=CO[O-].[B].[H-].[H-].[K+].[K+].[K+].[Na+]. The second-order valence-corrected chi connectivity index (χ2v) is 23.4. The number of allylic oxidation sites excluding steroid dienone is 5. The number of Topliss-reactive ketones (excluding diaryl/α,β-unsaturated/α-hetero) is 1. The van der Waals surface area contributed by atoms with E-state index in [1.807, 2.05) is 81.4 Å². The topological polar surface area (TPSA) is 367 Å². The maximum atomic E-state index is 11.7. The Labute approximate surface area is 769 Å². The molecular formula is C65H146BBr2K3NaO23P2. The number of aliphatic hydroxyl groups excluding tert-OH is 2. The first-order valence-corrected chi connectivity index (χ1v) is 34.2. The molecule has 0 atom stereocenters. The minimum absolute atomic E-state index is 0. The number of carboxylic acids is 1. The molecule has 0 amide bonds. The number of esters is 4. The van der Waals surface area contributed by atoms with Crippen LogP contribution in [0.15, 0.2) is 48.6 Å². The predicted molar refractivity (Wildman–Crippen MR) is 404 cm³/mol. The second kappa shape index (κ2) is 194. The number of carbonyl (C=O) groups excluding carboxylic acids is 9. The van der Waals surface area contributed by atoms with Gasteiger partial charge >= 0.3 is 214 Å². The number of aldehydes is 3. The van der Waals surface area contributed by atoms with E-state index in [0.29, 0.717) is 44.5 Å². The zero-order valence-corrected chi connectivity index (χ0v) is 81.8. The van der Waals surface area contributed by atoms with Gasteiger partial charge in [0, 0.05) is 59.4 Å². The number of rotatable bonds is 16. The Hall–Kier alpha value is 1.65. The minimum atomic E-state index is -2.24. The molecule has 0 bridgehead atoms. The van der Waals surface area contributed by atoms with Crippen molar-refractivity contribution >= 4 is 117 Å². The average Bonchev–Trinajstić information content (AvgIpc) is 3.46. The van der Waals surface area contributed by atoms with Crippen molar-refractivity contribution in [1.82, 2.24) is 0 Å². The Morgan fingerprint density at radius 3 is 0.794 bits per heavy atom. The first kappa shape index (κ1) is 183. The van der Waals surface area contributed by atoms with Gasteiger partial charge in [0.15, 0.2) is 0 Å². The van der Waals surface area contributed by atoms with E-state index >= 15 is 0 Å². The molecule has 0 aliphatic rings. The zero-order valence-electron chi connectivity index (χ0n) is 67.4. The van der Waals surface area contributed by atoms with Crippen LogP contribution in [0.4, 0.5) is 0 Å². The molecule has 0 saturated carbocycles. The van der Waals surface area contributed by atoms with E-state index in [1.165, 1.54) is 66.4 Å². The normalized spacial score (nSPS) is 7.74. The van der Waals surface area contributed by atoms with E-state index in [1.54, 1.807) is 88.5 Å². The van der Waals surface area contributed by atoms with E-state index in [0.717, 1.165) is 44.0 Å². The van der Waals surface area contributed by atoms with Gasteiger partial charge in [-0.05, 0) is 129 Å². The van der Waals surface area contributed by atoms with Gasteiger partial charge in [0.2, 0.25) is 0 Å². The van der Waals surface area contributed by atoms with Crippen molar-refractivity contribution in [3.8, 4) is 0 Å². The summed E-state index contributed by atoms with van der Waals surface area (Å²) in [6.45, 7) is 50.2. The molecule has 3 N–H and O–H groups in total. The third kappa shape index (κ3) is 411. The standard InChI is InChI=1S/2C8H17O3P.C6H10O2.C5H8O2.C4H6O2.C4H9O.C4H8.C3H8O.C3H6O.C3H8.C2H5Br.C2H6O.3C2H4O.C2H6.CH2O3.CH4O.3CH4.B.BrH.3K.Na.2H/c2*1-4-11-8(9)7-12(10,5-2)6-3;1-3-5-6(7)8-4-2;1-3-4-5(6)7-2;1-2-3-4(5)6;1-4(2,3)5;2*1-3-4-2;1-3(2)4;1-3-2;5*1-2-3;1-2;2-1-4-3;1-2;;;;;;;;;;;/h2*4-7H2,1-3H3;3,5H,4H2,1-2H3;3-4H,1-2H3;2-3H,1H3,(H,5,6);1-3H3;3-4H,1-2H3;3H2,1-2H3;1-2H3;3H2,1-2H3;2H2,1H3;3H,2H2,1H3;3*2H,1H3;1-2H3;1,3H;2H,1H3;3*1H4;;1H;;;;;;/q;;;;;-1;;;;;;;;;;;;;;;;;;4*+1;2*-1/p-1/b;;5-3+;4-3+;3-2+;;;;;;;;;;;;;;;;;;;;;;;;. The van der Waals surface area contributed by atoms with Crippen LogP contribution in [0.3, 0.4) is 0 Å². The van der Waals surface area contributed by atoms with Gasteiger partial charge in [-0.25, -0.2) is 14.4 Å². The van der Waals surface area contributed by atoms with Crippen LogP contribution in [0.5, 0.6) is 0 Å². The molecule has 23 nitrogen and oxygen atoms in total. The number of aliphatic carboxylic acids is 1. The van der Waals surface area contributed by atoms with Crippen LogP contribution in [-0.4, -0.2) is 187 Å². The molecule has 0 rings (SSSR count). The summed E-state index contributed by atoms with van der Waals surface area (Å²) >= 11 is 3.15. The molecule has 32 heteroatoms. The zero-order chi connectivity index (χ0) is 74.9. The summed E-state index contributed by atoms with van der Waals surface area (Å²) in [6, 6.07) is 0. The van der Waals surface area contributed by atoms with Gasteiger partial charge < -0.3 is 85.4 Å². The molecule has 0 aromatic rings. The first-order valence-electron chi connectivity index (χ1n) is 28.6. The maximum Gasteiger partial charge on any atom is 1.00 e. The molecular weight excluding hydrogens is 1520 g/mol. The Morgan fingerprint density at radius 2 is 0.711 bits per heavy atom. The number of carbonyl (C=O) groups is 10. The fourth-order valence-corrected chi connectivity index (χ4v) is 5.36. The number of ketones is 1. The van der Waals surface area contributed by atoms with Gasteiger partial charge in [0.1, 0.15) is 24.6 Å². The van der Waals surface area contributed by atoms with E-state index < -0.39 is 25.9 Å². The first-order chi connectivity index (χ1) is 41.0. The molecule has 0 aromatic carbocycles. The Morgan fingerprint density at radius 1 is 0.536 bits per heavy atom. The van der Waals surface area contributed by atoms with Gasteiger partial charge in [0.05, 0.1) is 53.5 Å². The molecule has 0 aromatic heterocycles. The third-order valence-corrected chi connectivity index (χ3v) is 12.1. The van der Waals surface area contributed by atoms with Crippen LogP contribution >= 0.6 is 47.2 Å². The summed E-state index contributed by atoms with van der Waals surface area (Å²) in [5.41, 5.74) is -0.750. The molecule has 0 unspecified atom stereocenters. The summed E-state index contributed by atoms with van der Waals surface area (Å²) in [6.07, 6.45) is 18.6. The van der Waals surface area contributed by atoms with Gasteiger partial charge in [-0.3, -0.25) is 14.4 Å². The minimum Gasteiger partial charge on any atom is -1.00 e. The molecule has 0 heterocycles. The quantitative estimate of drug-likeness (QED) is 0.0191. The largest absolute Gasteiger partial charge is 1.00 e. The molecule has 575 valence electrons. The third-order valence-electron chi connectivity index (χ3n) is 5.81. The number of halogens is 2. The Bertz CT molecular complexity index is 1530. The number of ether oxygens (including phenoxy) is 5. The van der Waals surface area contributed by atoms with Gasteiger partial charge in [-0.2, -0.15) is 0 Å². The number of alkyl halides is 1. The summed E-state index contributed by atoms with van der Waals surface area (Å²) in [4.78, 5) is 99.0. The van der Waals surface area contributed by atoms with Gasteiger partial charge in [-0.1, -0.05) is 158 Å². The van der Waals surface area contributed by atoms with E-state index in [4.69, 9.17) is 49.2 Å². The average molecular weight is 1670 g/mol.